The molecule has 3 rings (SSSR count). The number of carbonyl (C=O) groups is 1. The van der Waals surface area contributed by atoms with Crippen molar-refractivity contribution in [2.45, 2.75) is 6.42 Å². The average molecular weight is 348 g/mol. The van der Waals surface area contributed by atoms with E-state index < -0.39 is 0 Å². The molecule has 0 radical (unpaired) electrons. The smallest absolute Gasteiger partial charge is 0.262 e. The minimum absolute atomic E-state index is 0.125. The quantitative estimate of drug-likeness (QED) is 0.656. The number of allylic oxidation sites excluding steroid dienone is 1. The average Bonchev–Trinajstić information content (AvgIpc) is 2.67. The molecular formula is C21H20N2O3. The molecule has 0 fully saturated rings. The number of pyridine rings is 1. The molecule has 0 unspecified atom stereocenters. The van der Waals surface area contributed by atoms with Crippen LogP contribution >= 0.6 is 0 Å². The molecule has 26 heavy (non-hydrogen) atoms. The van der Waals surface area contributed by atoms with E-state index in [9.17, 15) is 4.79 Å². The van der Waals surface area contributed by atoms with Gasteiger partial charge in [-0.25, -0.2) is 0 Å². The van der Waals surface area contributed by atoms with Crippen LogP contribution in [-0.2, 0) is 11.2 Å². The molecule has 5 heteroatoms. The van der Waals surface area contributed by atoms with Crippen molar-refractivity contribution < 1.29 is 14.3 Å². The standard InChI is InChI=1S/C21H20N2O3/c1-3-6-15-10-11-18(19(13-15)25-2)26-14-20(24)23-17-9-4-7-16-8-5-12-22-21(16)17/h3-5,7-13H,1,6,14H2,2H3,(H,23,24). The van der Waals surface area contributed by atoms with Crippen LogP contribution in [0.3, 0.4) is 0 Å². The molecule has 1 N–H and O–H groups in total. The number of nitrogens with zero attached hydrogens (tertiary/aromatic N) is 1. The number of methoxy groups -OCH3 is 1. The Balaban J connectivity index is 1.68. The van der Waals surface area contributed by atoms with E-state index in [2.05, 4.69) is 16.9 Å². The lowest BCUT2D eigenvalue weighted by molar-refractivity contribution is -0.118. The molecule has 0 atom stereocenters. The van der Waals surface area contributed by atoms with E-state index >= 15 is 0 Å². The minimum atomic E-state index is -0.264. The van der Waals surface area contributed by atoms with Crippen molar-refractivity contribution in [3.8, 4) is 11.5 Å². The van der Waals surface area contributed by atoms with Crippen molar-refractivity contribution in [1.29, 1.82) is 0 Å². The highest BCUT2D eigenvalue weighted by atomic mass is 16.5. The SMILES string of the molecule is C=CCc1ccc(OCC(=O)Nc2cccc3cccnc23)c(OC)c1. The third-order valence-corrected chi connectivity index (χ3v) is 3.87. The lowest BCUT2D eigenvalue weighted by atomic mass is 10.1. The van der Waals surface area contributed by atoms with Crippen molar-refractivity contribution >= 4 is 22.5 Å². The van der Waals surface area contributed by atoms with Crippen molar-refractivity contribution in [3.05, 3.63) is 72.9 Å². The topological polar surface area (TPSA) is 60.5 Å². The molecule has 0 spiro atoms. The fourth-order valence-electron chi connectivity index (χ4n) is 2.66. The zero-order valence-corrected chi connectivity index (χ0v) is 14.6. The highest BCUT2D eigenvalue weighted by molar-refractivity contribution is 6.00. The molecule has 0 bridgehead atoms. The van der Waals surface area contributed by atoms with Crippen LogP contribution in [0.4, 0.5) is 5.69 Å². The Hall–Kier alpha value is -3.34. The maximum Gasteiger partial charge on any atom is 0.262 e. The van der Waals surface area contributed by atoms with E-state index in [1.54, 1.807) is 19.4 Å². The van der Waals surface area contributed by atoms with E-state index in [0.29, 0.717) is 17.2 Å². The summed E-state index contributed by atoms with van der Waals surface area (Å²) in [6.45, 7) is 3.60. The molecule has 2 aromatic carbocycles. The third-order valence-electron chi connectivity index (χ3n) is 3.87. The van der Waals surface area contributed by atoms with Crippen LogP contribution in [0.2, 0.25) is 0 Å². The third kappa shape index (κ3) is 4.00. The van der Waals surface area contributed by atoms with Crippen LogP contribution in [0.15, 0.2) is 67.4 Å². The van der Waals surface area contributed by atoms with Gasteiger partial charge in [-0.15, -0.1) is 6.58 Å². The molecule has 0 aliphatic rings. The van der Waals surface area contributed by atoms with E-state index in [4.69, 9.17) is 9.47 Å². The number of anilines is 1. The van der Waals surface area contributed by atoms with Crippen LogP contribution in [0.1, 0.15) is 5.56 Å². The highest BCUT2D eigenvalue weighted by Crippen LogP contribution is 2.28. The van der Waals surface area contributed by atoms with Crippen molar-refractivity contribution in [3.63, 3.8) is 0 Å². The molecule has 0 saturated carbocycles. The second-order valence-corrected chi connectivity index (χ2v) is 5.70. The van der Waals surface area contributed by atoms with E-state index in [0.717, 1.165) is 22.9 Å². The molecule has 5 nitrogen and oxygen atoms in total. The van der Waals surface area contributed by atoms with Crippen LogP contribution in [-0.4, -0.2) is 24.6 Å². The van der Waals surface area contributed by atoms with Crippen molar-refractivity contribution in [1.82, 2.24) is 4.98 Å². The van der Waals surface area contributed by atoms with Crippen LogP contribution in [0.25, 0.3) is 10.9 Å². The predicted octanol–water partition coefficient (Wildman–Crippen LogP) is 3.99. The molecular weight excluding hydrogens is 328 g/mol. The summed E-state index contributed by atoms with van der Waals surface area (Å²) in [6.07, 6.45) is 4.26. The summed E-state index contributed by atoms with van der Waals surface area (Å²) in [7, 11) is 1.57. The van der Waals surface area contributed by atoms with E-state index in [1.165, 1.54) is 0 Å². The zero-order chi connectivity index (χ0) is 18.4. The van der Waals surface area contributed by atoms with Gasteiger partial charge in [-0.2, -0.15) is 0 Å². The number of aromatic nitrogens is 1. The van der Waals surface area contributed by atoms with Crippen LogP contribution < -0.4 is 14.8 Å². The number of nitrogens with one attached hydrogen (secondary N) is 1. The number of benzene rings is 2. The van der Waals surface area contributed by atoms with Gasteiger partial charge in [-0.1, -0.05) is 30.3 Å². The summed E-state index contributed by atoms with van der Waals surface area (Å²) in [5, 5.41) is 3.81. The first-order valence-electron chi connectivity index (χ1n) is 8.25. The summed E-state index contributed by atoms with van der Waals surface area (Å²) >= 11 is 0. The fraction of sp³-hybridized carbons (Fsp3) is 0.143. The van der Waals surface area contributed by atoms with Gasteiger partial charge in [0, 0.05) is 11.6 Å². The second kappa shape index (κ2) is 8.16. The van der Waals surface area contributed by atoms with Crippen LogP contribution in [0.5, 0.6) is 11.5 Å². The molecule has 132 valence electrons. The van der Waals surface area contributed by atoms with E-state index in [1.807, 2.05) is 48.5 Å². The number of ether oxygens (including phenoxy) is 2. The molecule has 1 aromatic heterocycles. The minimum Gasteiger partial charge on any atom is -0.493 e. The molecule has 0 saturated heterocycles. The molecule has 1 heterocycles. The van der Waals surface area contributed by atoms with Crippen LogP contribution in [0, 0.1) is 0 Å². The number of rotatable bonds is 7. The van der Waals surface area contributed by atoms with Crippen molar-refractivity contribution in [2.24, 2.45) is 0 Å². The largest absolute Gasteiger partial charge is 0.493 e. The summed E-state index contributed by atoms with van der Waals surface area (Å²) in [6, 6.07) is 15.0. The van der Waals surface area contributed by atoms with Gasteiger partial charge in [-0.3, -0.25) is 9.78 Å². The van der Waals surface area contributed by atoms with Gasteiger partial charge in [-0.05, 0) is 36.2 Å². The molecule has 3 aromatic rings. The Bertz CT molecular complexity index is 932. The zero-order valence-electron chi connectivity index (χ0n) is 14.6. The number of carbonyl (C=O) groups excluding carboxylic acids is 1. The summed E-state index contributed by atoms with van der Waals surface area (Å²) in [4.78, 5) is 16.6. The Morgan fingerprint density at radius 3 is 2.85 bits per heavy atom. The predicted molar refractivity (Wildman–Crippen MR) is 103 cm³/mol. The second-order valence-electron chi connectivity index (χ2n) is 5.70. The van der Waals surface area contributed by atoms with E-state index in [-0.39, 0.29) is 12.5 Å². The lowest BCUT2D eigenvalue weighted by Gasteiger charge is -2.12. The first kappa shape index (κ1) is 17.5. The molecule has 1 amide bonds. The van der Waals surface area contributed by atoms with Gasteiger partial charge in [0.05, 0.1) is 18.3 Å². The summed E-state index contributed by atoms with van der Waals surface area (Å²) in [5.74, 6) is 0.843. The first-order valence-corrected chi connectivity index (χ1v) is 8.25. The maximum atomic E-state index is 12.3. The fourth-order valence-corrected chi connectivity index (χ4v) is 2.66. The summed E-state index contributed by atoms with van der Waals surface area (Å²) in [5.41, 5.74) is 2.47. The molecule has 0 aliphatic carbocycles. The Kier molecular flexibility index (Phi) is 5.49. The normalized spacial score (nSPS) is 10.3. The Labute approximate surface area is 152 Å². The lowest BCUT2D eigenvalue weighted by Crippen LogP contribution is -2.20. The highest BCUT2D eigenvalue weighted by Gasteiger charge is 2.10. The van der Waals surface area contributed by atoms with Gasteiger partial charge in [0.2, 0.25) is 0 Å². The van der Waals surface area contributed by atoms with Gasteiger partial charge >= 0.3 is 0 Å². The monoisotopic (exact) mass is 348 g/mol. The maximum absolute atomic E-state index is 12.3. The van der Waals surface area contributed by atoms with Gasteiger partial charge in [0.1, 0.15) is 0 Å². The number of fused-ring (bicyclic) bond motifs is 1. The van der Waals surface area contributed by atoms with Gasteiger partial charge in [0.25, 0.3) is 5.91 Å². The first-order chi connectivity index (χ1) is 12.7. The Morgan fingerprint density at radius 1 is 1.19 bits per heavy atom. The number of para-hydroxylation sites is 1. The van der Waals surface area contributed by atoms with Gasteiger partial charge < -0.3 is 14.8 Å². The number of hydrogen-bond acceptors (Lipinski definition) is 4. The number of hydrogen-bond donors (Lipinski definition) is 1. The van der Waals surface area contributed by atoms with Gasteiger partial charge in [0.15, 0.2) is 18.1 Å². The Morgan fingerprint density at radius 2 is 2.04 bits per heavy atom. The molecule has 0 aliphatic heterocycles. The summed E-state index contributed by atoms with van der Waals surface area (Å²) < 4.78 is 11.0. The van der Waals surface area contributed by atoms with Crippen molar-refractivity contribution in [2.75, 3.05) is 19.0 Å². The number of amides is 1.